The molecule has 0 N–H and O–H groups in total. The van der Waals surface area contributed by atoms with E-state index in [4.69, 9.17) is 4.74 Å². The van der Waals surface area contributed by atoms with E-state index in [1.54, 1.807) is 12.4 Å². The van der Waals surface area contributed by atoms with Crippen molar-refractivity contribution >= 4 is 0 Å². The van der Waals surface area contributed by atoms with E-state index >= 15 is 0 Å². The Morgan fingerprint density at radius 3 is 1.86 bits per heavy atom. The molecule has 35 heavy (non-hydrogen) atoms. The number of benzene rings is 1. The average Bonchev–Trinajstić information content (AvgIpc) is 2.88. The summed E-state index contributed by atoms with van der Waals surface area (Å²) in [6.07, 6.45) is 16.5. The predicted octanol–water partition coefficient (Wildman–Crippen LogP) is 9.24. The van der Waals surface area contributed by atoms with E-state index in [2.05, 4.69) is 48.1 Å². The number of ether oxygens (including phenoxy) is 1. The minimum absolute atomic E-state index is 0.0372. The SMILES string of the molecule is CCCCCCCCCCCc1ccc(-c2ncc(OCCC(F)C(F)CCCCC)cn2)cc1. The van der Waals surface area contributed by atoms with Crippen LogP contribution in [0.15, 0.2) is 36.7 Å². The lowest BCUT2D eigenvalue weighted by atomic mass is 10.0. The van der Waals surface area contributed by atoms with Gasteiger partial charge in [0.25, 0.3) is 0 Å². The highest BCUT2D eigenvalue weighted by Gasteiger charge is 2.19. The number of hydrogen-bond donors (Lipinski definition) is 0. The van der Waals surface area contributed by atoms with Gasteiger partial charge in [0, 0.05) is 12.0 Å². The van der Waals surface area contributed by atoms with Crippen molar-refractivity contribution < 1.29 is 13.5 Å². The van der Waals surface area contributed by atoms with Crippen molar-refractivity contribution in [3.8, 4) is 17.1 Å². The van der Waals surface area contributed by atoms with Crippen molar-refractivity contribution in [2.75, 3.05) is 6.61 Å². The Hall–Kier alpha value is -2.04. The average molecular weight is 489 g/mol. The van der Waals surface area contributed by atoms with Crippen molar-refractivity contribution in [3.63, 3.8) is 0 Å². The Bertz CT molecular complexity index is 767. The zero-order chi connectivity index (χ0) is 25.1. The monoisotopic (exact) mass is 488 g/mol. The standard InChI is InChI=1S/C30H46F2N2O/c1-3-5-7-8-9-10-11-12-14-15-25-17-19-26(20-18-25)30-33-23-27(24-34-30)35-22-21-29(32)28(31)16-13-6-4-2/h17-20,23-24,28-29H,3-16,21-22H2,1-2H3. The maximum Gasteiger partial charge on any atom is 0.159 e. The second kappa shape index (κ2) is 18.3. The number of nitrogens with zero attached hydrogens (tertiary/aromatic N) is 2. The van der Waals surface area contributed by atoms with Crippen LogP contribution in [0, 0.1) is 0 Å². The van der Waals surface area contributed by atoms with Crippen molar-refractivity contribution in [1.82, 2.24) is 9.97 Å². The van der Waals surface area contributed by atoms with Crippen LogP contribution < -0.4 is 4.74 Å². The number of hydrogen-bond acceptors (Lipinski definition) is 3. The second-order valence-electron chi connectivity index (χ2n) is 9.68. The van der Waals surface area contributed by atoms with Gasteiger partial charge in [0.15, 0.2) is 11.6 Å². The third-order valence-corrected chi connectivity index (χ3v) is 6.55. The molecule has 3 nitrogen and oxygen atoms in total. The molecule has 0 fully saturated rings. The zero-order valence-corrected chi connectivity index (χ0v) is 22.0. The van der Waals surface area contributed by atoms with Crippen LogP contribution in [0.4, 0.5) is 8.78 Å². The fourth-order valence-corrected chi connectivity index (χ4v) is 4.24. The molecule has 1 aromatic carbocycles. The van der Waals surface area contributed by atoms with Gasteiger partial charge in [-0.15, -0.1) is 0 Å². The molecule has 2 atom stereocenters. The van der Waals surface area contributed by atoms with Crippen molar-refractivity contribution in [1.29, 1.82) is 0 Å². The van der Waals surface area contributed by atoms with Crippen LogP contribution in [0.1, 0.15) is 109 Å². The van der Waals surface area contributed by atoms with Crippen LogP contribution in [0.25, 0.3) is 11.4 Å². The van der Waals surface area contributed by atoms with Crippen LogP contribution in [0.5, 0.6) is 5.75 Å². The quantitative estimate of drug-likeness (QED) is 0.174. The van der Waals surface area contributed by atoms with Crippen molar-refractivity contribution in [3.05, 3.63) is 42.2 Å². The second-order valence-corrected chi connectivity index (χ2v) is 9.68. The summed E-state index contributed by atoms with van der Waals surface area (Å²) in [4.78, 5) is 8.76. The normalized spacial score (nSPS) is 13.0. The van der Waals surface area contributed by atoms with Gasteiger partial charge in [-0.2, -0.15) is 0 Å². The molecule has 2 rings (SSSR count). The summed E-state index contributed by atoms with van der Waals surface area (Å²) in [5.74, 6) is 1.11. The van der Waals surface area contributed by atoms with Crippen LogP contribution in [-0.2, 0) is 6.42 Å². The van der Waals surface area contributed by atoms with E-state index in [0.717, 1.165) is 31.2 Å². The lowest BCUT2D eigenvalue weighted by Crippen LogP contribution is -2.20. The van der Waals surface area contributed by atoms with Gasteiger partial charge >= 0.3 is 0 Å². The highest BCUT2D eigenvalue weighted by molar-refractivity contribution is 5.55. The van der Waals surface area contributed by atoms with Gasteiger partial charge < -0.3 is 4.74 Å². The Labute approximate surface area is 212 Å². The Kier molecular flexibility index (Phi) is 15.2. The predicted molar refractivity (Wildman–Crippen MR) is 142 cm³/mol. The molecule has 0 spiro atoms. The van der Waals surface area contributed by atoms with E-state index in [9.17, 15) is 8.78 Å². The van der Waals surface area contributed by atoms with Crippen molar-refractivity contribution in [2.24, 2.45) is 0 Å². The molecule has 196 valence electrons. The summed E-state index contributed by atoms with van der Waals surface area (Å²) in [5, 5.41) is 0. The molecule has 0 radical (unpaired) electrons. The van der Waals surface area contributed by atoms with E-state index in [-0.39, 0.29) is 19.4 Å². The van der Waals surface area contributed by atoms with Crippen molar-refractivity contribution in [2.45, 2.75) is 123 Å². The summed E-state index contributed by atoms with van der Waals surface area (Å²) in [6.45, 7) is 4.43. The Morgan fingerprint density at radius 2 is 1.23 bits per heavy atom. The third kappa shape index (κ3) is 12.5. The molecule has 5 heteroatoms. The first-order valence-corrected chi connectivity index (χ1v) is 14.0. The van der Waals surface area contributed by atoms with E-state index < -0.39 is 12.3 Å². The fraction of sp³-hybridized carbons (Fsp3) is 0.667. The first-order valence-electron chi connectivity index (χ1n) is 14.0. The van der Waals surface area contributed by atoms with Crippen LogP contribution >= 0.6 is 0 Å². The van der Waals surface area contributed by atoms with Gasteiger partial charge in [0.1, 0.15) is 12.3 Å². The summed E-state index contributed by atoms with van der Waals surface area (Å²) in [5.41, 5.74) is 2.31. The van der Waals surface area contributed by atoms with Gasteiger partial charge in [-0.3, -0.25) is 0 Å². The smallest absolute Gasteiger partial charge is 0.159 e. The van der Waals surface area contributed by atoms with E-state index in [1.807, 2.05) is 0 Å². The Morgan fingerprint density at radius 1 is 0.686 bits per heavy atom. The molecule has 0 saturated carbocycles. The summed E-state index contributed by atoms with van der Waals surface area (Å²) in [7, 11) is 0. The van der Waals surface area contributed by atoms with Gasteiger partial charge in [-0.25, -0.2) is 18.7 Å². The zero-order valence-electron chi connectivity index (χ0n) is 22.0. The molecule has 2 aromatic rings. The topological polar surface area (TPSA) is 35.0 Å². The molecular formula is C30H46F2N2O. The first-order chi connectivity index (χ1) is 17.1. The van der Waals surface area contributed by atoms with Gasteiger partial charge in [-0.05, 0) is 24.8 Å². The Balaban J connectivity index is 1.64. The fourth-order valence-electron chi connectivity index (χ4n) is 4.24. The van der Waals surface area contributed by atoms with Crippen LogP contribution in [-0.4, -0.2) is 28.9 Å². The van der Waals surface area contributed by atoms with Gasteiger partial charge in [-0.1, -0.05) is 109 Å². The number of alkyl halides is 2. The number of rotatable bonds is 20. The molecular weight excluding hydrogens is 442 g/mol. The van der Waals surface area contributed by atoms with Crippen LogP contribution in [0.2, 0.25) is 0 Å². The molecule has 1 heterocycles. The van der Waals surface area contributed by atoms with E-state index in [0.29, 0.717) is 11.6 Å². The molecule has 1 aromatic heterocycles. The van der Waals surface area contributed by atoms with E-state index in [1.165, 1.54) is 63.4 Å². The molecule has 0 saturated heterocycles. The molecule has 0 aliphatic rings. The minimum Gasteiger partial charge on any atom is -0.490 e. The number of aryl methyl sites for hydroxylation is 1. The highest BCUT2D eigenvalue weighted by Crippen LogP contribution is 2.20. The lowest BCUT2D eigenvalue weighted by Gasteiger charge is -2.14. The maximum absolute atomic E-state index is 13.9. The molecule has 0 amide bonds. The summed E-state index contributed by atoms with van der Waals surface area (Å²) in [6, 6.07) is 8.44. The van der Waals surface area contributed by atoms with Gasteiger partial charge in [0.05, 0.1) is 19.0 Å². The summed E-state index contributed by atoms with van der Waals surface area (Å²) < 4.78 is 33.3. The number of unbranched alkanes of at least 4 members (excludes halogenated alkanes) is 10. The largest absolute Gasteiger partial charge is 0.490 e. The number of halogens is 2. The molecule has 2 unspecified atom stereocenters. The molecule has 0 bridgehead atoms. The maximum atomic E-state index is 13.9. The summed E-state index contributed by atoms with van der Waals surface area (Å²) >= 11 is 0. The van der Waals surface area contributed by atoms with Gasteiger partial charge in [0.2, 0.25) is 0 Å². The molecule has 0 aliphatic heterocycles. The first kappa shape index (κ1) is 29.2. The number of aromatic nitrogens is 2. The molecule has 0 aliphatic carbocycles. The minimum atomic E-state index is -1.49. The van der Waals surface area contributed by atoms with Crippen LogP contribution in [0.3, 0.4) is 0 Å². The highest BCUT2D eigenvalue weighted by atomic mass is 19.2. The lowest BCUT2D eigenvalue weighted by molar-refractivity contribution is 0.127. The third-order valence-electron chi connectivity index (χ3n) is 6.55.